The van der Waals surface area contributed by atoms with Crippen LogP contribution in [-0.2, 0) is 24.2 Å². The summed E-state index contributed by atoms with van der Waals surface area (Å²) < 4.78 is 27.0. The highest BCUT2D eigenvalue weighted by Crippen LogP contribution is 2.27. The van der Waals surface area contributed by atoms with Gasteiger partial charge in [0.1, 0.15) is 11.6 Å². The second-order valence-corrected chi connectivity index (χ2v) is 10.2. The fraction of sp³-hybridized carbons (Fsp3) is 0.176. The molecule has 0 saturated heterocycles. The molecule has 1 atom stereocenters. The van der Waals surface area contributed by atoms with Crippen LogP contribution >= 0.6 is 0 Å². The van der Waals surface area contributed by atoms with E-state index in [9.17, 15) is 18.4 Å². The zero-order valence-electron chi connectivity index (χ0n) is 23.0. The highest BCUT2D eigenvalue weighted by molar-refractivity contribution is 6.49. The molecule has 0 spiro atoms. The number of aliphatic imine (C=N–C) groups is 2. The Labute approximate surface area is 242 Å². The molecule has 5 rings (SSSR count). The predicted molar refractivity (Wildman–Crippen MR) is 159 cm³/mol. The molecule has 4 aromatic rings. The van der Waals surface area contributed by atoms with E-state index < -0.39 is 5.97 Å². The van der Waals surface area contributed by atoms with Crippen molar-refractivity contribution in [3.8, 4) is 0 Å². The number of aliphatic carboxylic acids is 1. The van der Waals surface area contributed by atoms with E-state index in [1.54, 1.807) is 48.5 Å². The van der Waals surface area contributed by atoms with Gasteiger partial charge in [0.05, 0.1) is 36.1 Å². The number of nitrogens with one attached hydrogen (secondary N) is 1. The molecule has 0 fully saturated rings. The third-order valence-corrected chi connectivity index (χ3v) is 7.12. The summed E-state index contributed by atoms with van der Waals surface area (Å²) in [5.41, 5.74) is 6.46. The quantitative estimate of drug-likeness (QED) is 0.234. The van der Waals surface area contributed by atoms with Gasteiger partial charge in [-0.05, 0) is 96.6 Å². The van der Waals surface area contributed by atoms with Crippen LogP contribution in [0.25, 0.3) is 0 Å². The van der Waals surface area contributed by atoms with Gasteiger partial charge in [-0.15, -0.1) is 0 Å². The van der Waals surface area contributed by atoms with Crippen molar-refractivity contribution in [3.63, 3.8) is 0 Å². The van der Waals surface area contributed by atoms with Gasteiger partial charge in [0.15, 0.2) is 0 Å². The van der Waals surface area contributed by atoms with Crippen LogP contribution in [0.3, 0.4) is 0 Å². The van der Waals surface area contributed by atoms with Crippen molar-refractivity contribution in [3.05, 3.63) is 136 Å². The molecule has 1 amide bonds. The minimum absolute atomic E-state index is 0.0506. The van der Waals surface area contributed by atoms with Crippen molar-refractivity contribution < 1.29 is 23.5 Å². The number of halogens is 2. The molecule has 4 aromatic carbocycles. The van der Waals surface area contributed by atoms with Crippen LogP contribution in [0.1, 0.15) is 57.6 Å². The fourth-order valence-corrected chi connectivity index (χ4v) is 4.89. The number of fused-ring (bicyclic) bond motifs is 1. The second kappa shape index (κ2) is 12.7. The molecule has 6 nitrogen and oxygen atoms in total. The number of amides is 1. The van der Waals surface area contributed by atoms with Crippen LogP contribution in [0, 0.1) is 11.6 Å². The Morgan fingerprint density at radius 1 is 0.881 bits per heavy atom. The Hall–Kier alpha value is -4.98. The lowest BCUT2D eigenvalue weighted by Gasteiger charge is -2.15. The summed E-state index contributed by atoms with van der Waals surface area (Å²) in [7, 11) is 0. The average Bonchev–Trinajstić information content (AvgIpc) is 3.15. The van der Waals surface area contributed by atoms with E-state index in [0.717, 1.165) is 33.5 Å². The van der Waals surface area contributed by atoms with E-state index in [2.05, 4.69) is 5.32 Å². The summed E-state index contributed by atoms with van der Waals surface area (Å²) in [6, 6.07) is 24.5. The van der Waals surface area contributed by atoms with Gasteiger partial charge in [-0.2, -0.15) is 0 Å². The van der Waals surface area contributed by atoms with Crippen molar-refractivity contribution in [2.24, 2.45) is 9.98 Å². The van der Waals surface area contributed by atoms with E-state index in [0.29, 0.717) is 36.3 Å². The van der Waals surface area contributed by atoms with Gasteiger partial charge in [-0.1, -0.05) is 36.4 Å². The molecular weight excluding hydrogens is 536 g/mol. The molecule has 1 aliphatic rings. The van der Waals surface area contributed by atoms with E-state index in [-0.39, 0.29) is 30.0 Å². The molecule has 212 valence electrons. The number of hydrogen-bond acceptors (Lipinski definition) is 4. The van der Waals surface area contributed by atoms with Crippen molar-refractivity contribution in [1.29, 1.82) is 0 Å². The number of carbonyl (C=O) groups is 2. The van der Waals surface area contributed by atoms with Crippen LogP contribution in [-0.4, -0.2) is 28.4 Å². The Balaban J connectivity index is 1.40. The molecule has 0 aliphatic carbocycles. The summed E-state index contributed by atoms with van der Waals surface area (Å²) in [5.74, 6) is -1.85. The van der Waals surface area contributed by atoms with Crippen LogP contribution in [0.5, 0.6) is 0 Å². The maximum Gasteiger partial charge on any atom is 0.307 e. The number of aryl methyl sites for hydroxylation is 1. The van der Waals surface area contributed by atoms with Gasteiger partial charge >= 0.3 is 5.97 Å². The highest BCUT2D eigenvalue weighted by Gasteiger charge is 2.19. The summed E-state index contributed by atoms with van der Waals surface area (Å²) >= 11 is 0. The molecular formula is C34H29F2N3O3. The molecule has 8 heteroatoms. The van der Waals surface area contributed by atoms with Gasteiger partial charge in [-0.25, -0.2) is 13.8 Å². The molecule has 0 unspecified atom stereocenters. The number of rotatable bonds is 9. The largest absolute Gasteiger partial charge is 0.481 e. The lowest BCUT2D eigenvalue weighted by atomic mass is 9.98. The normalized spacial score (nSPS) is 13.3. The van der Waals surface area contributed by atoms with E-state index in [1.807, 2.05) is 25.1 Å². The molecule has 2 N–H and O–H groups in total. The number of benzene rings is 4. The fourth-order valence-electron chi connectivity index (χ4n) is 4.89. The van der Waals surface area contributed by atoms with Crippen LogP contribution in [0.4, 0.5) is 14.5 Å². The number of carboxylic acids is 1. The van der Waals surface area contributed by atoms with Crippen molar-refractivity contribution in [1.82, 2.24) is 5.32 Å². The number of nitrogens with zero attached hydrogens (tertiary/aromatic N) is 2. The monoisotopic (exact) mass is 565 g/mol. The minimum atomic E-state index is -0.887. The first-order chi connectivity index (χ1) is 20.2. The van der Waals surface area contributed by atoms with Crippen molar-refractivity contribution >= 4 is 29.0 Å². The Morgan fingerprint density at radius 3 is 2.29 bits per heavy atom. The maximum atomic E-state index is 13.7. The maximum absolute atomic E-state index is 13.7. The molecule has 0 radical (unpaired) electrons. The van der Waals surface area contributed by atoms with Gasteiger partial charge in [0.2, 0.25) is 0 Å². The lowest BCUT2D eigenvalue weighted by Crippen LogP contribution is -2.26. The molecule has 42 heavy (non-hydrogen) atoms. The summed E-state index contributed by atoms with van der Waals surface area (Å²) in [6.45, 7) is 2.13. The topological polar surface area (TPSA) is 91.1 Å². The van der Waals surface area contributed by atoms with Crippen molar-refractivity contribution in [2.45, 2.75) is 38.8 Å². The highest BCUT2D eigenvalue weighted by atomic mass is 19.1. The number of hydrogen-bond donors (Lipinski definition) is 2. The zero-order valence-corrected chi connectivity index (χ0v) is 23.0. The first-order valence-electron chi connectivity index (χ1n) is 13.6. The van der Waals surface area contributed by atoms with Gasteiger partial charge < -0.3 is 10.4 Å². The number of carbonyl (C=O) groups excluding carboxylic acids is 1. The second-order valence-electron chi connectivity index (χ2n) is 10.2. The molecule has 0 aromatic heterocycles. The summed E-state index contributed by atoms with van der Waals surface area (Å²) in [6.07, 6.45) is 1.09. The Bertz CT molecular complexity index is 1680. The SMILES string of the molecule is C[C@@H](NC(=O)c1ccc2c(c1)CN=C(CCc1cccc(CC(=O)O)c1)C(c1ccc(F)cc1)=N2)c1ccc(F)cc1. The predicted octanol–water partition coefficient (Wildman–Crippen LogP) is 6.79. The third-order valence-electron chi connectivity index (χ3n) is 7.12. The molecule has 1 heterocycles. The zero-order chi connectivity index (χ0) is 29.6. The molecule has 1 aliphatic heterocycles. The number of carboxylic acid groups (broad SMARTS) is 1. The van der Waals surface area contributed by atoms with Crippen molar-refractivity contribution in [2.75, 3.05) is 0 Å². The standard InChI is InChI=1S/C34H29F2N3O3/c1-21(24-6-11-28(35)12-7-24)38-34(42)26-10-16-30-27(19-26)20-37-31(33(39-30)25-8-13-29(36)14-9-25)15-5-22-3-2-4-23(17-22)18-32(40)41/h2-4,6-14,16-17,19,21H,5,15,18,20H2,1H3,(H,38,42)(H,40,41)/t21-/m1/s1. The van der Waals surface area contributed by atoms with Gasteiger partial charge in [0, 0.05) is 11.1 Å². The van der Waals surface area contributed by atoms with Gasteiger partial charge in [0.25, 0.3) is 5.91 Å². The smallest absolute Gasteiger partial charge is 0.307 e. The first-order valence-corrected chi connectivity index (χ1v) is 13.6. The average molecular weight is 566 g/mol. The lowest BCUT2D eigenvalue weighted by molar-refractivity contribution is -0.136. The molecule has 0 saturated carbocycles. The van der Waals surface area contributed by atoms with E-state index >= 15 is 0 Å². The van der Waals surface area contributed by atoms with Crippen LogP contribution < -0.4 is 5.32 Å². The summed E-state index contributed by atoms with van der Waals surface area (Å²) in [5, 5.41) is 12.1. The minimum Gasteiger partial charge on any atom is -0.481 e. The Morgan fingerprint density at radius 2 is 1.57 bits per heavy atom. The van der Waals surface area contributed by atoms with E-state index in [1.165, 1.54) is 24.3 Å². The first kappa shape index (κ1) is 28.5. The van der Waals surface area contributed by atoms with Gasteiger partial charge in [-0.3, -0.25) is 14.6 Å². The third kappa shape index (κ3) is 7.01. The Kier molecular flexibility index (Phi) is 8.62. The van der Waals surface area contributed by atoms with Crippen LogP contribution in [0.2, 0.25) is 0 Å². The van der Waals surface area contributed by atoms with E-state index in [4.69, 9.17) is 15.1 Å². The molecule has 0 bridgehead atoms. The summed E-state index contributed by atoms with van der Waals surface area (Å²) in [4.78, 5) is 34.0. The van der Waals surface area contributed by atoms with Crippen LogP contribution in [0.15, 0.2) is 101 Å².